The van der Waals surface area contributed by atoms with Gasteiger partial charge in [0.1, 0.15) is 5.82 Å². The van der Waals surface area contributed by atoms with Crippen molar-refractivity contribution < 1.29 is 4.79 Å². The predicted molar refractivity (Wildman–Crippen MR) is 60.4 cm³/mol. The minimum atomic E-state index is -0.0436. The third-order valence-electron chi connectivity index (χ3n) is 1.63. The van der Waals surface area contributed by atoms with Crippen molar-refractivity contribution in [2.24, 2.45) is 0 Å². The number of aryl methyl sites for hydroxylation is 1. The number of anilines is 2. The Labute approximate surface area is 87.3 Å². The second kappa shape index (κ2) is 4.85. The van der Waals surface area contributed by atoms with Crippen LogP contribution in [0.15, 0.2) is 12.3 Å². The molecule has 14 heavy (non-hydrogen) atoms. The van der Waals surface area contributed by atoms with Gasteiger partial charge in [0.25, 0.3) is 0 Å². The summed E-state index contributed by atoms with van der Waals surface area (Å²) in [4.78, 5) is 15.3. The van der Waals surface area contributed by atoms with Crippen LogP contribution in [-0.4, -0.2) is 22.9 Å². The van der Waals surface area contributed by atoms with E-state index in [2.05, 4.69) is 10.3 Å². The van der Waals surface area contributed by atoms with Gasteiger partial charge in [0.15, 0.2) is 0 Å². The Morgan fingerprint density at radius 1 is 1.71 bits per heavy atom. The lowest BCUT2D eigenvalue weighted by Crippen LogP contribution is -2.15. The molecule has 1 rings (SSSR count). The molecule has 0 atom stereocenters. The number of nitrogens with two attached hydrogens (primary N) is 1. The van der Waals surface area contributed by atoms with Crippen LogP contribution >= 0.6 is 11.8 Å². The number of nitrogens with one attached hydrogen (secondary N) is 1. The minimum Gasteiger partial charge on any atom is -0.397 e. The van der Waals surface area contributed by atoms with Gasteiger partial charge in [-0.2, -0.15) is 11.8 Å². The molecule has 0 radical (unpaired) electrons. The monoisotopic (exact) mass is 211 g/mol. The van der Waals surface area contributed by atoms with Crippen LogP contribution in [0.1, 0.15) is 5.56 Å². The first-order chi connectivity index (χ1) is 6.63. The highest BCUT2D eigenvalue weighted by Crippen LogP contribution is 2.13. The molecule has 0 spiro atoms. The van der Waals surface area contributed by atoms with E-state index in [1.54, 1.807) is 6.07 Å². The topological polar surface area (TPSA) is 68.0 Å². The highest BCUT2D eigenvalue weighted by Gasteiger charge is 2.04. The molecule has 1 aromatic heterocycles. The molecule has 0 aliphatic carbocycles. The van der Waals surface area contributed by atoms with Gasteiger partial charge < -0.3 is 11.1 Å². The van der Waals surface area contributed by atoms with Crippen LogP contribution in [-0.2, 0) is 4.79 Å². The van der Waals surface area contributed by atoms with Crippen molar-refractivity contribution >= 4 is 29.2 Å². The number of nitrogens with zero attached hydrogens (tertiary/aromatic N) is 1. The maximum absolute atomic E-state index is 11.2. The van der Waals surface area contributed by atoms with Crippen molar-refractivity contribution in [1.29, 1.82) is 0 Å². The highest BCUT2D eigenvalue weighted by atomic mass is 32.2. The fourth-order valence-corrected chi connectivity index (χ4v) is 1.36. The summed E-state index contributed by atoms with van der Waals surface area (Å²) < 4.78 is 0. The Morgan fingerprint density at radius 3 is 3.00 bits per heavy atom. The zero-order valence-electron chi connectivity index (χ0n) is 8.20. The summed E-state index contributed by atoms with van der Waals surface area (Å²) in [5.74, 6) is 0.974. The summed E-state index contributed by atoms with van der Waals surface area (Å²) in [6.45, 7) is 1.86. The number of amides is 1. The average Bonchev–Trinajstić information content (AvgIpc) is 2.10. The molecule has 1 amide bonds. The normalized spacial score (nSPS) is 9.86. The van der Waals surface area contributed by atoms with E-state index in [1.807, 2.05) is 13.2 Å². The Hall–Kier alpha value is -1.23. The number of aromatic nitrogens is 1. The molecule has 0 aromatic carbocycles. The largest absolute Gasteiger partial charge is 0.397 e. The number of thioether (sulfide) groups is 1. The van der Waals surface area contributed by atoms with E-state index in [0.29, 0.717) is 17.3 Å². The fraction of sp³-hybridized carbons (Fsp3) is 0.333. The summed E-state index contributed by atoms with van der Waals surface area (Å²) >= 11 is 1.47. The number of pyridine rings is 1. The molecule has 3 N–H and O–H groups in total. The van der Waals surface area contributed by atoms with E-state index < -0.39 is 0 Å². The summed E-state index contributed by atoms with van der Waals surface area (Å²) in [5, 5.41) is 2.71. The molecule has 0 aliphatic rings. The van der Waals surface area contributed by atoms with Crippen LogP contribution in [0.2, 0.25) is 0 Å². The van der Waals surface area contributed by atoms with Gasteiger partial charge in [-0.15, -0.1) is 0 Å². The number of rotatable bonds is 3. The number of carbonyl (C=O) groups is 1. The lowest BCUT2D eigenvalue weighted by Gasteiger charge is -2.06. The molecular weight excluding hydrogens is 198 g/mol. The number of nitrogen functional groups attached to an aromatic ring is 1. The van der Waals surface area contributed by atoms with E-state index in [-0.39, 0.29) is 5.91 Å². The van der Waals surface area contributed by atoms with Crippen molar-refractivity contribution in [2.75, 3.05) is 23.1 Å². The molecule has 1 heterocycles. The Balaban J connectivity index is 2.72. The first-order valence-corrected chi connectivity index (χ1v) is 5.53. The van der Waals surface area contributed by atoms with Gasteiger partial charge in [-0.05, 0) is 24.8 Å². The van der Waals surface area contributed by atoms with Crippen LogP contribution < -0.4 is 11.1 Å². The van der Waals surface area contributed by atoms with Crippen molar-refractivity contribution in [3.8, 4) is 0 Å². The van der Waals surface area contributed by atoms with Gasteiger partial charge in [0.2, 0.25) is 5.91 Å². The molecule has 0 fully saturated rings. The summed E-state index contributed by atoms with van der Waals surface area (Å²) in [6.07, 6.45) is 3.41. The minimum absolute atomic E-state index is 0.0436. The number of hydrogen-bond acceptors (Lipinski definition) is 4. The van der Waals surface area contributed by atoms with E-state index in [9.17, 15) is 4.79 Å². The van der Waals surface area contributed by atoms with Gasteiger partial charge >= 0.3 is 0 Å². The van der Waals surface area contributed by atoms with Gasteiger partial charge in [0.05, 0.1) is 17.6 Å². The zero-order chi connectivity index (χ0) is 10.6. The van der Waals surface area contributed by atoms with Crippen molar-refractivity contribution in [3.63, 3.8) is 0 Å². The van der Waals surface area contributed by atoms with E-state index in [1.165, 1.54) is 18.0 Å². The van der Waals surface area contributed by atoms with Crippen LogP contribution in [0.4, 0.5) is 11.5 Å². The first-order valence-electron chi connectivity index (χ1n) is 4.14. The molecular formula is C9H13N3OS. The van der Waals surface area contributed by atoms with Crippen LogP contribution in [0.25, 0.3) is 0 Å². The lowest BCUT2D eigenvalue weighted by molar-refractivity contribution is -0.113. The Morgan fingerprint density at radius 2 is 2.43 bits per heavy atom. The van der Waals surface area contributed by atoms with Crippen molar-refractivity contribution in [1.82, 2.24) is 4.98 Å². The van der Waals surface area contributed by atoms with E-state index in [0.717, 1.165) is 5.56 Å². The van der Waals surface area contributed by atoms with Crippen LogP contribution in [0.3, 0.4) is 0 Å². The third-order valence-corrected chi connectivity index (χ3v) is 2.18. The summed E-state index contributed by atoms with van der Waals surface area (Å²) in [7, 11) is 0. The average molecular weight is 211 g/mol. The summed E-state index contributed by atoms with van der Waals surface area (Å²) in [6, 6.07) is 1.78. The van der Waals surface area contributed by atoms with E-state index in [4.69, 9.17) is 5.73 Å². The molecule has 0 aliphatic heterocycles. The lowest BCUT2D eigenvalue weighted by atomic mass is 10.2. The predicted octanol–water partition coefficient (Wildman–Crippen LogP) is 1.27. The van der Waals surface area contributed by atoms with Crippen molar-refractivity contribution in [2.45, 2.75) is 6.92 Å². The first kappa shape index (κ1) is 10.8. The Bertz CT molecular complexity index is 341. The highest BCUT2D eigenvalue weighted by molar-refractivity contribution is 7.99. The third kappa shape index (κ3) is 2.92. The maximum Gasteiger partial charge on any atom is 0.235 e. The second-order valence-corrected chi connectivity index (χ2v) is 3.78. The smallest absolute Gasteiger partial charge is 0.235 e. The molecule has 0 bridgehead atoms. The molecule has 1 aromatic rings. The quantitative estimate of drug-likeness (QED) is 0.790. The number of hydrogen-bond donors (Lipinski definition) is 2. The van der Waals surface area contributed by atoms with Crippen molar-refractivity contribution in [3.05, 3.63) is 17.8 Å². The number of carbonyl (C=O) groups excluding carboxylic acids is 1. The molecule has 4 nitrogen and oxygen atoms in total. The zero-order valence-corrected chi connectivity index (χ0v) is 9.02. The second-order valence-electron chi connectivity index (χ2n) is 2.92. The van der Waals surface area contributed by atoms with Gasteiger partial charge in [-0.25, -0.2) is 4.98 Å². The standard InChI is InChI=1S/C9H13N3OS/c1-6-3-7(10)4-11-9(6)12-8(13)5-14-2/h3-4H,5,10H2,1-2H3,(H,11,12,13). The molecule has 76 valence electrons. The molecule has 0 saturated carbocycles. The maximum atomic E-state index is 11.2. The van der Waals surface area contributed by atoms with E-state index >= 15 is 0 Å². The van der Waals surface area contributed by atoms with Gasteiger partial charge in [-0.1, -0.05) is 0 Å². The fourth-order valence-electron chi connectivity index (χ4n) is 1.03. The van der Waals surface area contributed by atoms with Gasteiger partial charge in [-0.3, -0.25) is 4.79 Å². The van der Waals surface area contributed by atoms with Gasteiger partial charge in [0, 0.05) is 0 Å². The SMILES string of the molecule is CSCC(=O)Nc1ncc(N)cc1C. The van der Waals surface area contributed by atoms with Crippen LogP contribution in [0, 0.1) is 6.92 Å². The molecule has 0 saturated heterocycles. The molecule has 0 unspecified atom stereocenters. The Kier molecular flexibility index (Phi) is 3.76. The molecule has 5 heteroatoms. The van der Waals surface area contributed by atoms with Crippen LogP contribution in [0.5, 0.6) is 0 Å². The summed E-state index contributed by atoms with van der Waals surface area (Å²) in [5.41, 5.74) is 7.01.